The molecular formula is C15H32IN3O. The molecule has 4 nitrogen and oxygen atoms in total. The molecule has 0 amide bonds. The highest BCUT2D eigenvalue weighted by molar-refractivity contribution is 14.0. The summed E-state index contributed by atoms with van der Waals surface area (Å²) in [5, 5.41) is 17.1. The van der Waals surface area contributed by atoms with Gasteiger partial charge in [-0.3, -0.25) is 4.99 Å². The van der Waals surface area contributed by atoms with Crippen molar-refractivity contribution in [2.75, 3.05) is 13.1 Å². The maximum atomic E-state index is 10.5. The largest absolute Gasteiger partial charge is 0.388 e. The Balaban J connectivity index is 0.00000361. The highest BCUT2D eigenvalue weighted by Gasteiger charge is 2.28. The van der Waals surface area contributed by atoms with Crippen LogP contribution in [0.2, 0.25) is 0 Å². The van der Waals surface area contributed by atoms with Crippen molar-refractivity contribution in [3.05, 3.63) is 0 Å². The standard InChI is InChI=1S/C15H31N3O.HI/c1-5-16-14(18-13(4)12(2)3)17-11-15(19)9-7-6-8-10-15;/h12-13,19H,5-11H2,1-4H3,(H2,16,17,18);1H. The number of nitrogens with one attached hydrogen (secondary N) is 2. The van der Waals surface area contributed by atoms with Crippen LogP contribution in [0.15, 0.2) is 4.99 Å². The molecule has 1 saturated carbocycles. The average Bonchev–Trinajstić information content (AvgIpc) is 2.37. The molecule has 1 aliphatic rings. The normalized spacial score (nSPS) is 20.2. The van der Waals surface area contributed by atoms with Gasteiger partial charge in [0, 0.05) is 12.6 Å². The van der Waals surface area contributed by atoms with Crippen LogP contribution in [0.25, 0.3) is 0 Å². The molecule has 1 atom stereocenters. The van der Waals surface area contributed by atoms with Crippen LogP contribution in [0.5, 0.6) is 0 Å². The molecule has 1 rings (SSSR count). The molecule has 0 radical (unpaired) electrons. The second kappa shape index (κ2) is 9.82. The zero-order chi connectivity index (χ0) is 14.3. The second-order valence-electron chi connectivity index (χ2n) is 6.16. The van der Waals surface area contributed by atoms with E-state index in [0.29, 0.717) is 18.5 Å². The first-order chi connectivity index (χ1) is 8.97. The van der Waals surface area contributed by atoms with Gasteiger partial charge in [0.05, 0.1) is 12.1 Å². The first kappa shape index (κ1) is 20.0. The lowest BCUT2D eigenvalue weighted by molar-refractivity contribution is 0.0131. The van der Waals surface area contributed by atoms with Crippen LogP contribution < -0.4 is 10.6 Å². The van der Waals surface area contributed by atoms with Gasteiger partial charge in [-0.1, -0.05) is 33.1 Å². The van der Waals surface area contributed by atoms with E-state index in [1.165, 1.54) is 6.42 Å². The number of guanidine groups is 1. The van der Waals surface area contributed by atoms with Crippen molar-refractivity contribution in [2.24, 2.45) is 10.9 Å². The molecule has 120 valence electrons. The third-order valence-corrected chi connectivity index (χ3v) is 4.02. The molecule has 0 aromatic rings. The van der Waals surface area contributed by atoms with Gasteiger partial charge < -0.3 is 15.7 Å². The second-order valence-corrected chi connectivity index (χ2v) is 6.16. The topological polar surface area (TPSA) is 56.7 Å². The molecule has 1 aliphatic carbocycles. The van der Waals surface area contributed by atoms with Gasteiger partial charge in [-0.2, -0.15) is 0 Å². The average molecular weight is 397 g/mol. The monoisotopic (exact) mass is 397 g/mol. The van der Waals surface area contributed by atoms with Crippen LogP contribution in [-0.2, 0) is 0 Å². The molecular weight excluding hydrogens is 365 g/mol. The van der Waals surface area contributed by atoms with E-state index in [1.54, 1.807) is 0 Å². The summed E-state index contributed by atoms with van der Waals surface area (Å²) in [7, 11) is 0. The summed E-state index contributed by atoms with van der Waals surface area (Å²) in [4.78, 5) is 4.58. The predicted octanol–water partition coefficient (Wildman–Crippen LogP) is 2.90. The van der Waals surface area contributed by atoms with Crippen molar-refractivity contribution >= 4 is 29.9 Å². The van der Waals surface area contributed by atoms with E-state index < -0.39 is 5.60 Å². The number of rotatable bonds is 5. The highest BCUT2D eigenvalue weighted by Crippen LogP contribution is 2.28. The van der Waals surface area contributed by atoms with E-state index in [-0.39, 0.29) is 24.0 Å². The quantitative estimate of drug-likeness (QED) is 0.380. The van der Waals surface area contributed by atoms with Gasteiger partial charge in [0.25, 0.3) is 0 Å². The van der Waals surface area contributed by atoms with Gasteiger partial charge in [0.15, 0.2) is 5.96 Å². The Morgan fingerprint density at radius 1 is 1.20 bits per heavy atom. The first-order valence-electron chi connectivity index (χ1n) is 7.74. The van der Waals surface area contributed by atoms with Crippen LogP contribution in [-0.4, -0.2) is 35.8 Å². The molecule has 5 heteroatoms. The van der Waals surface area contributed by atoms with Gasteiger partial charge in [-0.05, 0) is 32.6 Å². The Morgan fingerprint density at radius 3 is 2.30 bits per heavy atom. The Bertz CT molecular complexity index is 289. The molecule has 0 aromatic heterocycles. The SMILES string of the molecule is CCNC(=NCC1(O)CCCCC1)NC(C)C(C)C.I. The Hall–Kier alpha value is -0.0400. The van der Waals surface area contributed by atoms with Gasteiger partial charge in [0.2, 0.25) is 0 Å². The molecule has 0 aromatic carbocycles. The molecule has 1 unspecified atom stereocenters. The maximum Gasteiger partial charge on any atom is 0.191 e. The van der Waals surface area contributed by atoms with Crippen LogP contribution in [0, 0.1) is 5.92 Å². The van der Waals surface area contributed by atoms with Crippen molar-refractivity contribution < 1.29 is 5.11 Å². The van der Waals surface area contributed by atoms with Crippen LogP contribution in [0.1, 0.15) is 59.8 Å². The number of nitrogens with zero attached hydrogens (tertiary/aromatic N) is 1. The molecule has 1 fully saturated rings. The van der Waals surface area contributed by atoms with Crippen LogP contribution in [0.4, 0.5) is 0 Å². The van der Waals surface area contributed by atoms with E-state index >= 15 is 0 Å². The molecule has 0 heterocycles. The smallest absolute Gasteiger partial charge is 0.191 e. The zero-order valence-corrected chi connectivity index (χ0v) is 15.7. The third kappa shape index (κ3) is 7.11. The molecule has 0 saturated heterocycles. The summed E-state index contributed by atoms with van der Waals surface area (Å²) >= 11 is 0. The first-order valence-corrected chi connectivity index (χ1v) is 7.74. The highest BCUT2D eigenvalue weighted by atomic mass is 127. The van der Waals surface area contributed by atoms with Gasteiger partial charge in [-0.15, -0.1) is 24.0 Å². The summed E-state index contributed by atoms with van der Waals surface area (Å²) in [6, 6.07) is 0.374. The number of hydrogen-bond donors (Lipinski definition) is 3. The van der Waals surface area contributed by atoms with Crippen LogP contribution >= 0.6 is 24.0 Å². The molecule has 0 bridgehead atoms. The number of halogens is 1. The minimum atomic E-state index is -0.582. The summed E-state index contributed by atoms with van der Waals surface area (Å²) in [5.74, 6) is 1.38. The Labute approximate surface area is 141 Å². The lowest BCUT2D eigenvalue weighted by atomic mass is 9.85. The van der Waals surface area contributed by atoms with E-state index in [0.717, 1.165) is 38.2 Å². The summed E-state index contributed by atoms with van der Waals surface area (Å²) in [5.41, 5.74) is -0.582. The van der Waals surface area contributed by atoms with Crippen molar-refractivity contribution in [3.8, 4) is 0 Å². The van der Waals surface area contributed by atoms with Crippen molar-refractivity contribution in [1.29, 1.82) is 0 Å². The lowest BCUT2D eigenvalue weighted by Gasteiger charge is -2.31. The Morgan fingerprint density at radius 2 is 1.80 bits per heavy atom. The third-order valence-electron chi connectivity index (χ3n) is 4.02. The summed E-state index contributed by atoms with van der Waals surface area (Å²) in [6.07, 6.45) is 5.26. The van der Waals surface area contributed by atoms with E-state index in [9.17, 15) is 5.11 Å². The molecule has 3 N–H and O–H groups in total. The van der Waals surface area contributed by atoms with Crippen molar-refractivity contribution in [1.82, 2.24) is 10.6 Å². The van der Waals surface area contributed by atoms with Crippen LogP contribution in [0.3, 0.4) is 0 Å². The van der Waals surface area contributed by atoms with Gasteiger partial charge >= 0.3 is 0 Å². The maximum absolute atomic E-state index is 10.5. The summed E-state index contributed by atoms with van der Waals surface area (Å²) < 4.78 is 0. The van der Waals surface area contributed by atoms with Gasteiger partial charge in [0.1, 0.15) is 0 Å². The van der Waals surface area contributed by atoms with Crippen molar-refractivity contribution in [2.45, 2.75) is 71.4 Å². The zero-order valence-electron chi connectivity index (χ0n) is 13.4. The molecule has 0 aliphatic heterocycles. The molecule has 0 spiro atoms. The Kier molecular flexibility index (Phi) is 9.80. The minimum absolute atomic E-state index is 0. The number of aliphatic imine (C=N–C) groups is 1. The fourth-order valence-electron chi connectivity index (χ4n) is 2.30. The lowest BCUT2D eigenvalue weighted by Crippen LogP contribution is -2.45. The number of aliphatic hydroxyl groups is 1. The van der Waals surface area contributed by atoms with Gasteiger partial charge in [-0.25, -0.2) is 0 Å². The summed E-state index contributed by atoms with van der Waals surface area (Å²) in [6.45, 7) is 9.95. The minimum Gasteiger partial charge on any atom is -0.388 e. The fraction of sp³-hybridized carbons (Fsp3) is 0.933. The van der Waals surface area contributed by atoms with E-state index in [4.69, 9.17) is 0 Å². The molecule has 20 heavy (non-hydrogen) atoms. The van der Waals surface area contributed by atoms with Crippen molar-refractivity contribution in [3.63, 3.8) is 0 Å². The van der Waals surface area contributed by atoms with E-state index in [1.807, 2.05) is 0 Å². The fourth-order valence-corrected chi connectivity index (χ4v) is 2.30. The van der Waals surface area contributed by atoms with E-state index in [2.05, 4.69) is 43.3 Å². The predicted molar refractivity (Wildman–Crippen MR) is 96.9 cm³/mol. The number of hydrogen-bond acceptors (Lipinski definition) is 2.